The summed E-state index contributed by atoms with van der Waals surface area (Å²) in [5.74, 6) is -1.77. The van der Waals surface area contributed by atoms with Crippen molar-refractivity contribution < 1.29 is 23.9 Å². The van der Waals surface area contributed by atoms with Crippen molar-refractivity contribution in [1.82, 2.24) is 20.5 Å². The normalized spacial score (nSPS) is 20.7. The Bertz CT molecular complexity index is 1170. The van der Waals surface area contributed by atoms with Crippen LogP contribution in [0, 0.1) is 12.3 Å². The number of hydrogen-bond donors (Lipinski definition) is 3. The number of β-amino-alcohol motifs (C(OH)–C–C–N with tert-alkyl or cyclic N) is 1. The van der Waals surface area contributed by atoms with Gasteiger partial charge in [-0.2, -0.15) is 0 Å². The molecule has 1 fully saturated rings. The summed E-state index contributed by atoms with van der Waals surface area (Å²) in [5, 5.41) is 16.1. The molecule has 1 aliphatic heterocycles. The molecule has 0 spiro atoms. The molecule has 39 heavy (non-hydrogen) atoms. The number of alkyl halides is 1. The van der Waals surface area contributed by atoms with E-state index in [0.29, 0.717) is 6.42 Å². The van der Waals surface area contributed by atoms with E-state index in [4.69, 9.17) is 0 Å². The fourth-order valence-corrected chi connectivity index (χ4v) is 5.51. The maximum absolute atomic E-state index is 14.7. The third-order valence-corrected chi connectivity index (χ3v) is 8.41. The summed E-state index contributed by atoms with van der Waals surface area (Å²) >= 11 is 1.57. The van der Waals surface area contributed by atoms with Crippen molar-refractivity contribution in [2.45, 2.75) is 97.6 Å². The van der Waals surface area contributed by atoms with Crippen molar-refractivity contribution in [1.29, 1.82) is 0 Å². The quantitative estimate of drug-likeness (QED) is 0.423. The number of amides is 3. The number of aryl methyl sites for hydroxylation is 1. The molecule has 3 N–H and O–H groups in total. The Kier molecular flexibility index (Phi) is 9.54. The van der Waals surface area contributed by atoms with Crippen molar-refractivity contribution in [3.63, 3.8) is 0 Å². The van der Waals surface area contributed by atoms with Gasteiger partial charge in [0.1, 0.15) is 12.1 Å². The molecular weight excluding hydrogens is 519 g/mol. The minimum atomic E-state index is -2.13. The lowest BCUT2D eigenvalue weighted by Gasteiger charge is -2.36. The Labute approximate surface area is 234 Å². The van der Waals surface area contributed by atoms with Crippen LogP contribution in [0.25, 0.3) is 10.4 Å². The second-order valence-electron chi connectivity index (χ2n) is 11.6. The highest BCUT2D eigenvalue weighted by molar-refractivity contribution is 7.13. The molecule has 8 nitrogen and oxygen atoms in total. The van der Waals surface area contributed by atoms with Gasteiger partial charge in [0.15, 0.2) is 5.67 Å². The summed E-state index contributed by atoms with van der Waals surface area (Å²) in [6.45, 7) is 11.9. The minimum absolute atomic E-state index is 0.0411. The van der Waals surface area contributed by atoms with E-state index in [1.807, 2.05) is 43.6 Å². The van der Waals surface area contributed by atoms with E-state index in [1.165, 1.54) is 11.8 Å². The van der Waals surface area contributed by atoms with Crippen LogP contribution in [-0.4, -0.2) is 63.1 Å². The first-order chi connectivity index (χ1) is 18.2. The van der Waals surface area contributed by atoms with Crippen LogP contribution in [0.1, 0.15) is 78.1 Å². The molecule has 1 saturated heterocycles. The lowest BCUT2D eigenvalue weighted by molar-refractivity contribution is -0.146. The predicted octanol–water partition coefficient (Wildman–Crippen LogP) is 4.32. The Morgan fingerprint density at radius 2 is 1.79 bits per heavy atom. The number of halogens is 1. The monoisotopic (exact) mass is 560 g/mol. The number of aliphatic hydroxyl groups excluding tert-OH is 1. The molecule has 3 rings (SSSR count). The minimum Gasteiger partial charge on any atom is -0.391 e. The molecular formula is C29H41FN4O4S. The number of nitrogens with one attached hydrogen (secondary N) is 2. The van der Waals surface area contributed by atoms with Gasteiger partial charge in [-0.05, 0) is 43.2 Å². The van der Waals surface area contributed by atoms with Crippen LogP contribution in [0.5, 0.6) is 0 Å². The summed E-state index contributed by atoms with van der Waals surface area (Å²) in [6, 6.07) is 5.68. The van der Waals surface area contributed by atoms with Crippen LogP contribution in [0.2, 0.25) is 0 Å². The van der Waals surface area contributed by atoms with E-state index >= 15 is 0 Å². The lowest BCUT2D eigenvalue weighted by Crippen LogP contribution is -2.60. The number of thiazole rings is 1. The van der Waals surface area contributed by atoms with Gasteiger partial charge in [-0.15, -0.1) is 11.3 Å². The molecule has 1 aromatic heterocycles. The van der Waals surface area contributed by atoms with Gasteiger partial charge in [-0.25, -0.2) is 9.37 Å². The van der Waals surface area contributed by atoms with Gasteiger partial charge in [0.05, 0.1) is 28.2 Å². The van der Waals surface area contributed by atoms with E-state index in [0.717, 1.165) is 21.7 Å². The Morgan fingerprint density at radius 3 is 2.31 bits per heavy atom. The van der Waals surface area contributed by atoms with Crippen LogP contribution < -0.4 is 10.6 Å². The van der Waals surface area contributed by atoms with Gasteiger partial charge in [-0.3, -0.25) is 14.4 Å². The van der Waals surface area contributed by atoms with E-state index < -0.39 is 41.1 Å². The second kappa shape index (κ2) is 12.1. The van der Waals surface area contributed by atoms with Crippen molar-refractivity contribution >= 4 is 29.1 Å². The van der Waals surface area contributed by atoms with E-state index in [9.17, 15) is 23.9 Å². The summed E-state index contributed by atoms with van der Waals surface area (Å²) in [4.78, 5) is 46.5. The molecule has 1 aromatic carbocycles. The van der Waals surface area contributed by atoms with Crippen LogP contribution in [0.3, 0.4) is 0 Å². The summed E-state index contributed by atoms with van der Waals surface area (Å²) in [6.07, 6.45) is -0.218. The summed E-state index contributed by atoms with van der Waals surface area (Å²) < 4.78 is 14.7. The number of rotatable bonds is 9. The van der Waals surface area contributed by atoms with Crippen LogP contribution in [-0.2, 0) is 14.4 Å². The van der Waals surface area contributed by atoms with Crippen molar-refractivity contribution in [3.05, 3.63) is 41.0 Å². The van der Waals surface area contributed by atoms with Crippen molar-refractivity contribution in [2.75, 3.05) is 6.54 Å². The number of benzene rings is 1. The van der Waals surface area contributed by atoms with Crippen LogP contribution >= 0.6 is 11.3 Å². The van der Waals surface area contributed by atoms with Gasteiger partial charge >= 0.3 is 0 Å². The molecule has 214 valence electrons. The average molecular weight is 561 g/mol. The Balaban J connectivity index is 1.78. The maximum Gasteiger partial charge on any atom is 0.258 e. The van der Waals surface area contributed by atoms with Crippen molar-refractivity contribution in [3.8, 4) is 10.4 Å². The number of nitrogens with zero attached hydrogens (tertiary/aromatic N) is 2. The van der Waals surface area contributed by atoms with E-state index in [2.05, 4.69) is 15.6 Å². The molecule has 2 aromatic rings. The topological polar surface area (TPSA) is 112 Å². The van der Waals surface area contributed by atoms with Crippen LogP contribution in [0.4, 0.5) is 4.39 Å². The molecule has 0 saturated carbocycles. The number of carbonyl (C=O) groups is 3. The predicted molar refractivity (Wildman–Crippen MR) is 151 cm³/mol. The fraction of sp³-hybridized carbons (Fsp3) is 0.586. The molecule has 0 bridgehead atoms. The molecule has 3 amide bonds. The first kappa shape index (κ1) is 30.7. The van der Waals surface area contributed by atoms with E-state index in [1.54, 1.807) is 39.0 Å². The Morgan fingerprint density at radius 1 is 1.15 bits per heavy atom. The largest absolute Gasteiger partial charge is 0.391 e. The summed E-state index contributed by atoms with van der Waals surface area (Å²) in [7, 11) is 0. The summed E-state index contributed by atoms with van der Waals surface area (Å²) in [5.41, 5.74) is 1.87. The molecule has 1 aliphatic rings. The first-order valence-corrected chi connectivity index (χ1v) is 14.4. The van der Waals surface area contributed by atoms with Gasteiger partial charge in [0.2, 0.25) is 11.8 Å². The molecule has 0 aliphatic carbocycles. The highest BCUT2D eigenvalue weighted by Gasteiger charge is 2.46. The van der Waals surface area contributed by atoms with Gasteiger partial charge in [0, 0.05) is 13.0 Å². The van der Waals surface area contributed by atoms with Gasteiger partial charge in [-0.1, -0.05) is 58.9 Å². The zero-order valence-corrected chi connectivity index (χ0v) is 24.7. The zero-order chi connectivity index (χ0) is 29.1. The highest BCUT2D eigenvalue weighted by Crippen LogP contribution is 2.30. The Hall–Kier alpha value is -2.85. The first-order valence-electron chi connectivity index (χ1n) is 13.5. The van der Waals surface area contributed by atoms with Gasteiger partial charge < -0.3 is 20.6 Å². The number of likely N-dealkylation sites (tertiary alicyclic amines) is 1. The lowest BCUT2D eigenvalue weighted by atomic mass is 9.85. The number of hydrogen-bond acceptors (Lipinski definition) is 6. The maximum atomic E-state index is 14.7. The average Bonchev–Trinajstić information content (AvgIpc) is 3.49. The third kappa shape index (κ3) is 7.03. The standard InChI is InChI=1S/C29H41FN4O4S/c1-8-21(18-10-12-19(13-11-18)23-17(3)31-16-39-23)32-25(36)22-14-20(35)15-34(22)26(37)24(28(4,5)6)33-27(38)29(7,30)9-2/h10-13,16,20-22,24,35H,8-9,14-15H2,1-7H3,(H,32,36)(H,33,38)/t20-,21+,22+,24-,29?/m1/s1. The fourth-order valence-electron chi connectivity index (χ4n) is 4.70. The van der Waals surface area contributed by atoms with Gasteiger partial charge in [0.25, 0.3) is 5.91 Å². The molecule has 1 unspecified atom stereocenters. The number of carbonyl (C=O) groups excluding carboxylic acids is 3. The van der Waals surface area contributed by atoms with Crippen LogP contribution in [0.15, 0.2) is 29.8 Å². The molecule has 2 heterocycles. The second-order valence-corrected chi connectivity index (χ2v) is 12.4. The SMILES string of the molecule is CC[C@H](NC(=O)[C@@H]1C[C@@H](O)CN1C(=O)[C@@H](NC(=O)C(C)(F)CC)C(C)(C)C)c1ccc(-c2scnc2C)cc1. The smallest absolute Gasteiger partial charge is 0.258 e. The number of aliphatic hydroxyl groups is 1. The molecule has 10 heteroatoms. The zero-order valence-electron chi connectivity index (χ0n) is 23.9. The van der Waals surface area contributed by atoms with Crippen molar-refractivity contribution in [2.24, 2.45) is 5.41 Å². The molecule has 5 atom stereocenters. The number of aromatic nitrogens is 1. The van der Waals surface area contributed by atoms with E-state index in [-0.39, 0.29) is 31.3 Å². The highest BCUT2D eigenvalue weighted by atomic mass is 32.1. The third-order valence-electron chi connectivity index (χ3n) is 7.44. The molecule has 0 radical (unpaired) electrons.